The van der Waals surface area contributed by atoms with E-state index in [4.69, 9.17) is 9.84 Å². The molecule has 0 spiro atoms. The Morgan fingerprint density at radius 1 is 1.33 bits per heavy atom. The summed E-state index contributed by atoms with van der Waals surface area (Å²) in [6.07, 6.45) is 5.10. The number of imidazole rings is 1. The molecule has 10 heteroatoms. The summed E-state index contributed by atoms with van der Waals surface area (Å²) in [5, 5.41) is 8.99. The Bertz CT molecular complexity index is 473. The highest BCUT2D eigenvalue weighted by molar-refractivity contribution is 7.80. The Morgan fingerprint density at radius 3 is 2.33 bits per heavy atom. The van der Waals surface area contributed by atoms with Crippen LogP contribution in [0.15, 0.2) is 18.7 Å². The van der Waals surface area contributed by atoms with E-state index in [-0.39, 0.29) is 13.2 Å². The van der Waals surface area contributed by atoms with E-state index in [1.807, 2.05) is 30.3 Å². The van der Waals surface area contributed by atoms with E-state index in [1.165, 1.54) is 7.11 Å². The number of rotatable bonds is 8. The smallest absolute Gasteiger partial charge is 0.245 e. The second-order valence-electron chi connectivity index (χ2n) is 3.99. The first-order valence-corrected chi connectivity index (χ1v) is 7.47. The molecule has 0 saturated carbocycles. The van der Waals surface area contributed by atoms with Crippen molar-refractivity contribution >= 4 is 10.4 Å². The summed E-state index contributed by atoms with van der Waals surface area (Å²) >= 11 is 0. The summed E-state index contributed by atoms with van der Waals surface area (Å²) in [5.74, 6) is 0. The molecule has 0 fully saturated rings. The molecule has 21 heavy (non-hydrogen) atoms. The van der Waals surface area contributed by atoms with Crippen LogP contribution in [0.2, 0.25) is 0 Å². The van der Waals surface area contributed by atoms with Gasteiger partial charge < -0.3 is 19.1 Å². The summed E-state index contributed by atoms with van der Waals surface area (Å²) in [6.45, 7) is 2.29. The van der Waals surface area contributed by atoms with Crippen LogP contribution in [0.1, 0.15) is 13.2 Å². The molecule has 0 amide bonds. The Labute approximate surface area is 124 Å². The van der Waals surface area contributed by atoms with Gasteiger partial charge >= 0.3 is 0 Å². The predicted molar refractivity (Wildman–Crippen MR) is 70.9 cm³/mol. The Hall–Kier alpha value is -1.04. The molecule has 1 unspecified atom stereocenters. The molecule has 0 aliphatic heterocycles. The maximum atomic E-state index is 9.86. The SMILES string of the molecule is CC(O)n1cc[n+](C)c1.COCCOCCOS(=O)(=O)[O-]. The number of ether oxygens (including phenoxy) is 2. The van der Waals surface area contributed by atoms with Crippen LogP contribution in [-0.2, 0) is 31.1 Å². The minimum Gasteiger partial charge on any atom is -0.726 e. The number of hydrogen-bond acceptors (Lipinski definition) is 7. The molecule has 1 aromatic heterocycles. The third-order valence-electron chi connectivity index (χ3n) is 2.11. The zero-order valence-corrected chi connectivity index (χ0v) is 13.2. The zero-order valence-electron chi connectivity index (χ0n) is 12.3. The number of aliphatic hydroxyl groups is 1. The summed E-state index contributed by atoms with van der Waals surface area (Å²) in [7, 11) is -1.15. The van der Waals surface area contributed by atoms with Gasteiger partial charge in [-0.1, -0.05) is 0 Å². The molecular formula is C11H22N2O7S. The van der Waals surface area contributed by atoms with Crippen molar-refractivity contribution in [1.82, 2.24) is 4.57 Å². The molecule has 1 rings (SSSR count). The topological polar surface area (TPSA) is 114 Å². The van der Waals surface area contributed by atoms with Crippen molar-refractivity contribution in [2.24, 2.45) is 7.05 Å². The highest BCUT2D eigenvalue weighted by Gasteiger charge is 2.03. The fourth-order valence-electron chi connectivity index (χ4n) is 1.13. The van der Waals surface area contributed by atoms with E-state index in [9.17, 15) is 13.0 Å². The molecule has 1 N–H and O–H groups in total. The van der Waals surface area contributed by atoms with Gasteiger partial charge in [0.1, 0.15) is 12.4 Å². The van der Waals surface area contributed by atoms with Crippen molar-refractivity contribution < 1.29 is 36.3 Å². The molecule has 0 aliphatic carbocycles. The van der Waals surface area contributed by atoms with Crippen LogP contribution in [-0.4, -0.2) is 56.2 Å². The van der Waals surface area contributed by atoms with E-state index >= 15 is 0 Å². The van der Waals surface area contributed by atoms with Gasteiger partial charge in [0.05, 0.1) is 33.5 Å². The Kier molecular flexibility index (Phi) is 10.1. The van der Waals surface area contributed by atoms with Crippen LogP contribution in [0.5, 0.6) is 0 Å². The molecule has 0 aromatic carbocycles. The standard InChI is InChI=1S/C6H11N2O.C5H12O6S/c1-6(9)8-4-3-7(2)5-8;1-9-2-3-10-4-5-11-12(6,7)8/h3-6,9H,1-2H3;2-5H2,1H3,(H,6,7,8)/q+1;/p-1. The van der Waals surface area contributed by atoms with Gasteiger partial charge in [0.25, 0.3) is 0 Å². The fraction of sp³-hybridized carbons (Fsp3) is 0.727. The molecular weight excluding hydrogens is 304 g/mol. The second-order valence-corrected chi connectivity index (χ2v) is 5.05. The van der Waals surface area contributed by atoms with E-state index in [2.05, 4.69) is 8.92 Å². The van der Waals surface area contributed by atoms with Crippen LogP contribution < -0.4 is 4.57 Å². The van der Waals surface area contributed by atoms with Crippen molar-refractivity contribution in [1.29, 1.82) is 0 Å². The zero-order chi connectivity index (χ0) is 16.3. The van der Waals surface area contributed by atoms with Gasteiger partial charge in [-0.2, -0.15) is 0 Å². The van der Waals surface area contributed by atoms with E-state index < -0.39 is 16.6 Å². The number of methoxy groups -OCH3 is 1. The van der Waals surface area contributed by atoms with Crippen LogP contribution in [0.3, 0.4) is 0 Å². The lowest BCUT2D eigenvalue weighted by atomic mass is 10.6. The third-order valence-corrected chi connectivity index (χ3v) is 2.56. The highest BCUT2D eigenvalue weighted by Crippen LogP contribution is 1.95. The lowest BCUT2D eigenvalue weighted by molar-refractivity contribution is -0.671. The van der Waals surface area contributed by atoms with E-state index in [0.29, 0.717) is 13.2 Å². The normalized spacial score (nSPS) is 12.6. The van der Waals surface area contributed by atoms with Crippen molar-refractivity contribution in [3.63, 3.8) is 0 Å². The van der Waals surface area contributed by atoms with Crippen LogP contribution in [0.25, 0.3) is 0 Å². The third kappa shape index (κ3) is 12.4. The van der Waals surface area contributed by atoms with Crippen LogP contribution in [0, 0.1) is 0 Å². The second kappa shape index (κ2) is 10.7. The number of nitrogens with zero attached hydrogens (tertiary/aromatic N) is 2. The van der Waals surface area contributed by atoms with E-state index in [1.54, 1.807) is 11.5 Å². The molecule has 0 aliphatic rings. The number of hydrogen-bond donors (Lipinski definition) is 1. The molecule has 9 nitrogen and oxygen atoms in total. The summed E-state index contributed by atoms with van der Waals surface area (Å²) < 4.78 is 46.5. The van der Waals surface area contributed by atoms with Gasteiger partial charge in [-0.15, -0.1) is 0 Å². The minimum absolute atomic E-state index is 0.0603. The molecule has 124 valence electrons. The molecule has 1 heterocycles. The average molecular weight is 326 g/mol. The predicted octanol–water partition coefficient (Wildman–Crippen LogP) is -1.05. The van der Waals surface area contributed by atoms with E-state index in [0.717, 1.165) is 0 Å². The molecule has 1 atom stereocenters. The van der Waals surface area contributed by atoms with Crippen molar-refractivity contribution in [3.05, 3.63) is 18.7 Å². The first-order valence-electron chi connectivity index (χ1n) is 6.14. The number of aromatic nitrogens is 2. The van der Waals surface area contributed by atoms with Crippen molar-refractivity contribution in [3.8, 4) is 0 Å². The van der Waals surface area contributed by atoms with Gasteiger partial charge in [0.15, 0.2) is 6.23 Å². The van der Waals surface area contributed by atoms with Crippen molar-refractivity contribution in [2.75, 3.05) is 33.5 Å². The molecule has 0 saturated heterocycles. The highest BCUT2D eigenvalue weighted by atomic mass is 32.3. The molecule has 1 aromatic rings. The van der Waals surface area contributed by atoms with Crippen LogP contribution >= 0.6 is 0 Å². The summed E-state index contributed by atoms with van der Waals surface area (Å²) in [6, 6.07) is 0. The summed E-state index contributed by atoms with van der Waals surface area (Å²) in [4.78, 5) is 0. The molecule has 0 radical (unpaired) electrons. The Morgan fingerprint density at radius 2 is 1.95 bits per heavy atom. The maximum Gasteiger partial charge on any atom is 0.245 e. The lowest BCUT2D eigenvalue weighted by Gasteiger charge is -2.07. The molecule has 0 bridgehead atoms. The first kappa shape index (κ1) is 20.0. The van der Waals surface area contributed by atoms with Gasteiger partial charge in [-0.25, -0.2) is 17.6 Å². The van der Waals surface area contributed by atoms with Crippen LogP contribution in [0.4, 0.5) is 0 Å². The van der Waals surface area contributed by atoms with Gasteiger partial charge in [-0.3, -0.25) is 4.18 Å². The van der Waals surface area contributed by atoms with Gasteiger partial charge in [0, 0.05) is 14.0 Å². The largest absolute Gasteiger partial charge is 0.726 e. The lowest BCUT2D eigenvalue weighted by Crippen LogP contribution is -2.24. The quantitative estimate of drug-likeness (QED) is 0.280. The Balaban J connectivity index is 0.000000394. The number of aliphatic hydroxyl groups excluding tert-OH is 1. The number of aryl methyl sites for hydroxylation is 1. The maximum absolute atomic E-state index is 9.86. The van der Waals surface area contributed by atoms with Crippen molar-refractivity contribution in [2.45, 2.75) is 13.2 Å². The minimum atomic E-state index is -4.58. The van der Waals surface area contributed by atoms with Gasteiger partial charge in [-0.05, 0) is 0 Å². The fourth-order valence-corrected chi connectivity index (χ4v) is 1.40. The van der Waals surface area contributed by atoms with Gasteiger partial charge in [0.2, 0.25) is 16.7 Å². The first-order chi connectivity index (χ1) is 9.76. The summed E-state index contributed by atoms with van der Waals surface area (Å²) in [5.41, 5.74) is 0. The average Bonchev–Trinajstić information content (AvgIpc) is 2.80. The monoisotopic (exact) mass is 326 g/mol.